The number of nitrogens with two attached hydrogens (primary N) is 1. The lowest BCUT2D eigenvalue weighted by Crippen LogP contribution is -2.55. The predicted octanol–water partition coefficient (Wildman–Crippen LogP) is 4.31. The highest BCUT2D eigenvalue weighted by molar-refractivity contribution is 5.88. The highest BCUT2D eigenvalue weighted by Crippen LogP contribution is 2.63. The fourth-order valence-corrected chi connectivity index (χ4v) is 7.67. The van der Waals surface area contributed by atoms with Gasteiger partial charge in [0.15, 0.2) is 0 Å². The van der Waals surface area contributed by atoms with E-state index in [4.69, 9.17) is 5.73 Å². The summed E-state index contributed by atoms with van der Waals surface area (Å²) in [6.07, 6.45) is 7.05. The summed E-state index contributed by atoms with van der Waals surface area (Å²) in [7, 11) is 0. The van der Waals surface area contributed by atoms with Gasteiger partial charge in [0.2, 0.25) is 0 Å². The number of aliphatic hydroxyl groups is 3. The Morgan fingerprint density at radius 3 is 2.74 bits per heavy atom. The van der Waals surface area contributed by atoms with Crippen LogP contribution >= 0.6 is 0 Å². The molecule has 5 N–H and O–H groups in total. The van der Waals surface area contributed by atoms with Crippen molar-refractivity contribution in [2.75, 3.05) is 5.73 Å². The summed E-state index contributed by atoms with van der Waals surface area (Å²) in [5.41, 5.74) is 5.07. The Morgan fingerprint density at radius 1 is 1.09 bits per heavy atom. The summed E-state index contributed by atoms with van der Waals surface area (Å²) in [6, 6.07) is 8.14. The van der Waals surface area contributed by atoms with Crippen molar-refractivity contribution >= 4 is 22.2 Å². The molecule has 6 rings (SSSR count). The van der Waals surface area contributed by atoms with Gasteiger partial charge in [0, 0.05) is 29.3 Å². The highest BCUT2D eigenvalue weighted by atomic mass is 19.1. The molecular weight excluding hydrogens is 431 g/mol. The maximum atomic E-state index is 16.2. The molecule has 6 heteroatoms. The molecule has 1 aromatic heterocycles. The average molecular weight is 465 g/mol. The third kappa shape index (κ3) is 2.98. The number of benzene rings is 1. The van der Waals surface area contributed by atoms with Crippen molar-refractivity contribution in [1.82, 2.24) is 4.98 Å². The quantitative estimate of drug-likeness (QED) is 0.471. The number of anilines is 1. The Hall–Kier alpha value is -2.28. The second-order valence-corrected chi connectivity index (χ2v) is 11.3. The summed E-state index contributed by atoms with van der Waals surface area (Å²) < 4.78 is 16.2. The second kappa shape index (κ2) is 7.36. The average Bonchev–Trinajstić information content (AvgIpc) is 3.12. The third-order valence-corrected chi connectivity index (χ3v) is 9.52. The van der Waals surface area contributed by atoms with Crippen LogP contribution in [-0.2, 0) is 0 Å². The van der Waals surface area contributed by atoms with E-state index in [1.54, 1.807) is 6.20 Å². The summed E-state index contributed by atoms with van der Waals surface area (Å²) in [5, 5.41) is 35.7. The number of halogens is 1. The number of rotatable bonds is 1. The molecule has 7 atom stereocenters. The number of aliphatic hydroxyl groups excluding tert-OH is 2. The molecule has 4 aliphatic carbocycles. The first kappa shape index (κ1) is 22.2. The first-order chi connectivity index (χ1) is 16.1. The van der Waals surface area contributed by atoms with Crippen molar-refractivity contribution in [3.8, 4) is 0 Å². The van der Waals surface area contributed by atoms with Crippen molar-refractivity contribution in [3.63, 3.8) is 0 Å². The van der Waals surface area contributed by atoms with Crippen molar-refractivity contribution < 1.29 is 19.7 Å². The van der Waals surface area contributed by atoms with Gasteiger partial charge in [0.05, 0.1) is 11.7 Å². The summed E-state index contributed by atoms with van der Waals surface area (Å²) in [5.74, 6) is 0.00525. The van der Waals surface area contributed by atoms with Crippen molar-refractivity contribution in [2.45, 2.75) is 75.3 Å². The predicted molar refractivity (Wildman–Crippen MR) is 130 cm³/mol. The van der Waals surface area contributed by atoms with E-state index >= 15 is 4.39 Å². The topological polar surface area (TPSA) is 99.6 Å². The minimum Gasteiger partial charge on any atom is -0.393 e. The number of pyridine rings is 1. The lowest BCUT2D eigenvalue weighted by atomic mass is 9.57. The van der Waals surface area contributed by atoms with Crippen molar-refractivity contribution in [2.24, 2.45) is 17.3 Å². The lowest BCUT2D eigenvalue weighted by molar-refractivity contribution is -0.0963. The molecule has 180 valence electrons. The fourth-order valence-electron chi connectivity index (χ4n) is 7.67. The van der Waals surface area contributed by atoms with E-state index in [1.807, 2.05) is 12.1 Å². The molecule has 0 spiro atoms. The van der Waals surface area contributed by atoms with E-state index in [0.717, 1.165) is 16.3 Å². The molecule has 1 aromatic carbocycles. The molecule has 2 aromatic rings. The van der Waals surface area contributed by atoms with Gasteiger partial charge in [-0.1, -0.05) is 31.2 Å². The molecule has 0 bridgehead atoms. The smallest absolute Gasteiger partial charge is 0.145 e. The Labute approximate surface area is 199 Å². The van der Waals surface area contributed by atoms with Gasteiger partial charge >= 0.3 is 0 Å². The molecule has 4 aliphatic rings. The van der Waals surface area contributed by atoms with Crippen LogP contribution in [0.4, 0.5) is 10.2 Å². The van der Waals surface area contributed by atoms with Gasteiger partial charge in [-0.3, -0.25) is 0 Å². The molecule has 2 saturated carbocycles. The minimum absolute atomic E-state index is 0.0622. The maximum absolute atomic E-state index is 16.2. The van der Waals surface area contributed by atoms with Gasteiger partial charge in [0.25, 0.3) is 0 Å². The molecule has 34 heavy (non-hydrogen) atoms. The number of allylic oxidation sites excluding steroid dienone is 3. The molecule has 6 unspecified atom stereocenters. The van der Waals surface area contributed by atoms with E-state index < -0.39 is 23.5 Å². The van der Waals surface area contributed by atoms with Crippen molar-refractivity contribution in [1.29, 1.82) is 0 Å². The number of aromatic nitrogens is 1. The van der Waals surface area contributed by atoms with Crippen LogP contribution in [0.3, 0.4) is 0 Å². The Kier molecular flexibility index (Phi) is 4.81. The monoisotopic (exact) mass is 464 g/mol. The van der Waals surface area contributed by atoms with E-state index in [2.05, 4.69) is 36.2 Å². The highest BCUT2D eigenvalue weighted by Gasteiger charge is 2.62. The zero-order chi connectivity index (χ0) is 23.9. The zero-order valence-electron chi connectivity index (χ0n) is 19.5. The second-order valence-electron chi connectivity index (χ2n) is 11.3. The van der Waals surface area contributed by atoms with Crippen LogP contribution in [0.5, 0.6) is 0 Å². The molecule has 0 amide bonds. The Balaban J connectivity index is 1.39. The minimum atomic E-state index is -1.89. The number of hydrogen-bond donors (Lipinski definition) is 4. The molecular formula is C28H33FN2O3. The van der Waals surface area contributed by atoms with Gasteiger partial charge in [-0.15, -0.1) is 0 Å². The summed E-state index contributed by atoms with van der Waals surface area (Å²) in [4.78, 5) is 4.23. The van der Waals surface area contributed by atoms with Crippen LogP contribution < -0.4 is 5.73 Å². The van der Waals surface area contributed by atoms with Gasteiger partial charge in [-0.05, 0) is 78.7 Å². The van der Waals surface area contributed by atoms with E-state index in [9.17, 15) is 15.3 Å². The lowest BCUT2D eigenvalue weighted by Gasteiger charge is -2.50. The molecule has 2 fully saturated rings. The van der Waals surface area contributed by atoms with E-state index in [1.165, 1.54) is 5.57 Å². The van der Waals surface area contributed by atoms with Crippen LogP contribution in [0.1, 0.15) is 57.4 Å². The number of hydrogen-bond acceptors (Lipinski definition) is 5. The maximum Gasteiger partial charge on any atom is 0.145 e. The molecule has 1 heterocycles. The van der Waals surface area contributed by atoms with Crippen LogP contribution in [0.2, 0.25) is 0 Å². The third-order valence-electron chi connectivity index (χ3n) is 9.52. The van der Waals surface area contributed by atoms with Crippen LogP contribution in [-0.4, -0.2) is 43.8 Å². The van der Waals surface area contributed by atoms with E-state index in [-0.39, 0.29) is 23.7 Å². The number of nitrogens with zero attached hydrogens (tertiary/aromatic N) is 1. The molecule has 0 aliphatic heterocycles. The number of alkyl halides is 1. The first-order valence-electron chi connectivity index (χ1n) is 12.5. The van der Waals surface area contributed by atoms with Crippen LogP contribution in [0.25, 0.3) is 16.3 Å². The number of fused-ring (bicyclic) bond motifs is 5. The molecule has 0 saturated heterocycles. The van der Waals surface area contributed by atoms with Gasteiger partial charge < -0.3 is 21.1 Å². The molecule has 5 nitrogen and oxygen atoms in total. The number of nitrogen functional groups attached to an aromatic ring is 1. The SMILES string of the molecule is CC12CC=C3C(O)C4(F)CC(O)CCC4CC[C@]3(O)C1CC=C2c1ccc2cc(N)ncc2c1. The van der Waals surface area contributed by atoms with Gasteiger partial charge in [0.1, 0.15) is 17.6 Å². The standard InChI is InChI=1S/C28H33FN2O3/c1-26-10-9-22-25(33)27(29)14-20(32)5-4-19(27)8-11-28(22,34)23(26)7-6-21(26)17-3-2-16-13-24(30)31-15-18(16)12-17/h2-3,6,9,12-13,15,19-20,23,25,32-34H,4-5,7-8,10-11,14H2,1H3,(H2,30,31)/t19?,20?,23?,25?,26?,27?,28-/m1/s1. The largest absolute Gasteiger partial charge is 0.393 e. The Bertz CT molecular complexity index is 1230. The normalized spacial score (nSPS) is 41.7. The van der Waals surface area contributed by atoms with Crippen LogP contribution in [0, 0.1) is 17.3 Å². The summed E-state index contributed by atoms with van der Waals surface area (Å²) in [6.45, 7) is 2.19. The van der Waals surface area contributed by atoms with Gasteiger partial charge in [-0.25, -0.2) is 9.37 Å². The summed E-state index contributed by atoms with van der Waals surface area (Å²) >= 11 is 0. The zero-order valence-corrected chi connectivity index (χ0v) is 19.5. The molecule has 0 radical (unpaired) electrons. The Morgan fingerprint density at radius 2 is 1.91 bits per heavy atom. The van der Waals surface area contributed by atoms with Crippen molar-refractivity contribution in [3.05, 3.63) is 53.8 Å². The van der Waals surface area contributed by atoms with Gasteiger partial charge in [-0.2, -0.15) is 0 Å². The fraction of sp³-hybridized carbons (Fsp3) is 0.536. The van der Waals surface area contributed by atoms with Crippen LogP contribution in [0.15, 0.2) is 48.2 Å². The first-order valence-corrected chi connectivity index (χ1v) is 12.5. The van der Waals surface area contributed by atoms with E-state index in [0.29, 0.717) is 49.9 Å².